The van der Waals surface area contributed by atoms with Crippen LogP contribution in [0, 0.1) is 6.92 Å². The molecule has 1 aromatic heterocycles. The first kappa shape index (κ1) is 5.50. The Morgan fingerprint density at radius 2 is 2.38 bits per heavy atom. The van der Waals surface area contributed by atoms with Crippen molar-refractivity contribution in [2.45, 2.75) is 11.9 Å². The summed E-state index contributed by atoms with van der Waals surface area (Å²) in [6.07, 6.45) is 1.62. The van der Waals surface area contributed by atoms with Crippen LogP contribution in [0.4, 0.5) is 0 Å². The Kier molecular flexibility index (Phi) is 1.43. The second-order valence-corrected chi connectivity index (χ2v) is 1.86. The van der Waals surface area contributed by atoms with Crippen LogP contribution in [0.1, 0.15) is 5.56 Å². The average molecular weight is 127 g/mol. The topological polar surface area (TPSA) is 38.7 Å². The summed E-state index contributed by atoms with van der Waals surface area (Å²) in [6.45, 7) is 1.88. The van der Waals surface area contributed by atoms with Crippen molar-refractivity contribution in [2.75, 3.05) is 0 Å². The van der Waals surface area contributed by atoms with Gasteiger partial charge in [0.2, 0.25) is 0 Å². The van der Waals surface area contributed by atoms with Crippen LogP contribution < -0.4 is 0 Å². The summed E-state index contributed by atoms with van der Waals surface area (Å²) in [5.74, 6) is 0. The van der Waals surface area contributed by atoms with Crippen LogP contribution in [0.2, 0.25) is 0 Å². The van der Waals surface area contributed by atoms with Gasteiger partial charge in [0.15, 0.2) is 0 Å². The third-order valence-corrected chi connectivity index (χ3v) is 1.24. The molecule has 0 spiro atoms. The maximum absolute atomic E-state index is 3.98. The van der Waals surface area contributed by atoms with Gasteiger partial charge in [-0.3, -0.25) is 0 Å². The molecule has 0 aromatic carbocycles. The van der Waals surface area contributed by atoms with E-state index in [-0.39, 0.29) is 0 Å². The predicted molar refractivity (Wildman–Crippen MR) is 31.8 cm³/mol. The average Bonchev–Trinajstić information content (AvgIpc) is 1.77. The van der Waals surface area contributed by atoms with Crippen LogP contribution in [-0.4, -0.2) is 15.4 Å². The highest BCUT2D eigenvalue weighted by atomic mass is 32.1. The zero-order chi connectivity index (χ0) is 5.98. The Morgan fingerprint density at radius 3 is 2.75 bits per heavy atom. The third kappa shape index (κ3) is 0.949. The number of aryl methyl sites for hydroxylation is 1. The molecule has 4 heteroatoms. The maximum Gasteiger partial charge on any atom is 0.122 e. The van der Waals surface area contributed by atoms with Crippen molar-refractivity contribution in [1.29, 1.82) is 0 Å². The van der Waals surface area contributed by atoms with E-state index in [9.17, 15) is 0 Å². The van der Waals surface area contributed by atoms with Crippen LogP contribution in [0.5, 0.6) is 0 Å². The van der Waals surface area contributed by atoms with Crippen molar-refractivity contribution in [3.63, 3.8) is 0 Å². The standard InChI is InChI=1S/C4H5N3S/c1-3-2-5-7-6-4(3)8/h2H,1H3,(H,5,6,8). The van der Waals surface area contributed by atoms with Gasteiger partial charge >= 0.3 is 0 Å². The fraction of sp³-hybridized carbons (Fsp3) is 0.250. The van der Waals surface area contributed by atoms with E-state index in [1.807, 2.05) is 6.92 Å². The van der Waals surface area contributed by atoms with Crippen molar-refractivity contribution in [1.82, 2.24) is 15.4 Å². The van der Waals surface area contributed by atoms with Gasteiger partial charge in [-0.15, -0.1) is 22.8 Å². The Hall–Kier alpha value is -0.640. The van der Waals surface area contributed by atoms with Crippen LogP contribution in [-0.2, 0) is 0 Å². The van der Waals surface area contributed by atoms with Crippen molar-refractivity contribution < 1.29 is 0 Å². The molecule has 0 unspecified atom stereocenters. The van der Waals surface area contributed by atoms with Gasteiger partial charge in [0, 0.05) is 5.56 Å². The molecule has 0 aliphatic heterocycles. The Bertz CT molecular complexity index is 167. The first-order chi connectivity index (χ1) is 3.80. The molecule has 0 atom stereocenters. The Labute approximate surface area is 52.5 Å². The van der Waals surface area contributed by atoms with E-state index >= 15 is 0 Å². The van der Waals surface area contributed by atoms with Gasteiger partial charge in [-0.05, 0) is 12.1 Å². The van der Waals surface area contributed by atoms with E-state index < -0.39 is 0 Å². The highest BCUT2D eigenvalue weighted by Gasteiger charge is 1.89. The van der Waals surface area contributed by atoms with E-state index in [4.69, 9.17) is 0 Å². The molecule has 0 N–H and O–H groups in total. The fourth-order valence-electron chi connectivity index (χ4n) is 0.317. The van der Waals surface area contributed by atoms with E-state index in [1.165, 1.54) is 0 Å². The summed E-state index contributed by atoms with van der Waals surface area (Å²) in [4.78, 5) is 0. The first-order valence-electron chi connectivity index (χ1n) is 2.14. The summed E-state index contributed by atoms with van der Waals surface area (Å²) < 4.78 is 0. The number of nitrogens with zero attached hydrogens (tertiary/aromatic N) is 3. The largest absolute Gasteiger partial charge is 0.138 e. The number of hydrogen-bond acceptors (Lipinski definition) is 4. The first-order valence-corrected chi connectivity index (χ1v) is 2.59. The van der Waals surface area contributed by atoms with Gasteiger partial charge in [0.25, 0.3) is 0 Å². The minimum absolute atomic E-state index is 0.639. The van der Waals surface area contributed by atoms with Crippen LogP contribution >= 0.6 is 12.6 Å². The van der Waals surface area contributed by atoms with E-state index in [0.717, 1.165) is 5.56 Å². The number of aromatic nitrogens is 3. The zero-order valence-corrected chi connectivity index (χ0v) is 5.26. The van der Waals surface area contributed by atoms with Crippen molar-refractivity contribution >= 4 is 12.6 Å². The summed E-state index contributed by atoms with van der Waals surface area (Å²) in [7, 11) is 0. The van der Waals surface area contributed by atoms with Gasteiger partial charge in [-0.1, -0.05) is 0 Å². The number of thiol groups is 1. The second kappa shape index (κ2) is 2.09. The molecule has 0 saturated heterocycles. The van der Waals surface area contributed by atoms with E-state index in [0.29, 0.717) is 5.03 Å². The molecule has 0 saturated carbocycles. The summed E-state index contributed by atoms with van der Waals surface area (Å²) in [6, 6.07) is 0. The van der Waals surface area contributed by atoms with Gasteiger partial charge in [0.1, 0.15) is 5.03 Å². The monoisotopic (exact) mass is 127 g/mol. The van der Waals surface area contributed by atoms with Crippen molar-refractivity contribution in [3.05, 3.63) is 11.8 Å². The summed E-state index contributed by atoms with van der Waals surface area (Å²) in [5, 5.41) is 11.1. The lowest BCUT2D eigenvalue weighted by atomic mass is 10.4. The highest BCUT2D eigenvalue weighted by Crippen LogP contribution is 2.02. The molecule has 1 heterocycles. The molecule has 1 rings (SSSR count). The molecule has 0 radical (unpaired) electrons. The third-order valence-electron chi connectivity index (χ3n) is 0.795. The van der Waals surface area contributed by atoms with E-state index in [2.05, 4.69) is 28.0 Å². The molecule has 8 heavy (non-hydrogen) atoms. The predicted octanol–water partition coefficient (Wildman–Crippen LogP) is 0.469. The van der Waals surface area contributed by atoms with Crippen LogP contribution in [0.3, 0.4) is 0 Å². The molecular weight excluding hydrogens is 122 g/mol. The Morgan fingerprint density at radius 1 is 1.62 bits per heavy atom. The molecule has 42 valence electrons. The lowest BCUT2D eigenvalue weighted by molar-refractivity contribution is 0.790. The molecule has 1 aromatic rings. The lowest BCUT2D eigenvalue weighted by Crippen LogP contribution is -1.88. The quantitative estimate of drug-likeness (QED) is 0.515. The highest BCUT2D eigenvalue weighted by molar-refractivity contribution is 7.80. The normalized spacial score (nSPS) is 9.25. The zero-order valence-electron chi connectivity index (χ0n) is 4.37. The van der Waals surface area contributed by atoms with Gasteiger partial charge in [-0.25, -0.2) is 0 Å². The molecule has 0 fully saturated rings. The molecular formula is C4H5N3S. The number of rotatable bonds is 0. The SMILES string of the molecule is Cc1cnnnc1S. The minimum atomic E-state index is 0.639. The van der Waals surface area contributed by atoms with Crippen molar-refractivity contribution in [3.8, 4) is 0 Å². The van der Waals surface area contributed by atoms with E-state index in [1.54, 1.807) is 6.20 Å². The fourth-order valence-corrected chi connectivity index (χ4v) is 0.415. The van der Waals surface area contributed by atoms with Gasteiger partial charge in [-0.2, -0.15) is 0 Å². The van der Waals surface area contributed by atoms with Gasteiger partial charge < -0.3 is 0 Å². The Balaban J connectivity index is 3.13. The van der Waals surface area contributed by atoms with Crippen molar-refractivity contribution in [2.24, 2.45) is 0 Å². The smallest absolute Gasteiger partial charge is 0.122 e. The van der Waals surface area contributed by atoms with Gasteiger partial charge in [0.05, 0.1) is 6.20 Å². The second-order valence-electron chi connectivity index (χ2n) is 1.44. The molecule has 0 aliphatic rings. The summed E-state index contributed by atoms with van der Waals surface area (Å²) >= 11 is 3.98. The minimum Gasteiger partial charge on any atom is -0.138 e. The van der Waals surface area contributed by atoms with Crippen LogP contribution in [0.25, 0.3) is 0 Å². The maximum atomic E-state index is 3.98. The number of hydrogen-bond donors (Lipinski definition) is 1. The molecule has 0 amide bonds. The molecule has 0 bridgehead atoms. The lowest BCUT2D eigenvalue weighted by Gasteiger charge is -1.88. The molecule has 0 aliphatic carbocycles. The summed E-state index contributed by atoms with van der Waals surface area (Å²) in [5.41, 5.74) is 0.948. The molecule has 3 nitrogen and oxygen atoms in total. The van der Waals surface area contributed by atoms with Crippen LogP contribution in [0.15, 0.2) is 11.2 Å².